The van der Waals surface area contributed by atoms with Crippen molar-refractivity contribution < 1.29 is 14.4 Å². The highest BCUT2D eigenvalue weighted by Gasteiger charge is 2.45. The normalized spacial score (nSPS) is 21.3. The molecule has 1 amide bonds. The van der Waals surface area contributed by atoms with Gasteiger partial charge in [0.15, 0.2) is 11.7 Å². The second-order valence-electron chi connectivity index (χ2n) is 5.43. The number of benzene rings is 2. The third kappa shape index (κ3) is 2.78. The number of carbonyl (C=O) groups excluding carboxylic acids is 3. The minimum absolute atomic E-state index is 0.416. The first kappa shape index (κ1) is 15.1. The number of nitrogens with one attached hydrogen (secondary N) is 1. The standard InChI is InChI=1S/C18H16N2O3/c1-12(21)15-17(22)16(13-8-4-2-5-9-13)19-20(18(15)23)14-10-6-3-7-11-14/h2-11,15-16,19H,1H3. The van der Waals surface area contributed by atoms with E-state index >= 15 is 0 Å². The Morgan fingerprint density at radius 2 is 1.52 bits per heavy atom. The lowest BCUT2D eigenvalue weighted by molar-refractivity contribution is -0.143. The molecule has 1 heterocycles. The van der Waals surface area contributed by atoms with E-state index in [1.54, 1.807) is 36.4 Å². The second kappa shape index (κ2) is 6.14. The fourth-order valence-corrected chi connectivity index (χ4v) is 2.71. The van der Waals surface area contributed by atoms with E-state index in [9.17, 15) is 14.4 Å². The summed E-state index contributed by atoms with van der Waals surface area (Å²) in [6.45, 7) is 1.27. The number of hydrazine groups is 1. The van der Waals surface area contributed by atoms with Crippen molar-refractivity contribution in [3.8, 4) is 0 Å². The molecule has 0 aromatic heterocycles. The molecule has 0 aliphatic carbocycles. The zero-order valence-corrected chi connectivity index (χ0v) is 12.6. The van der Waals surface area contributed by atoms with Gasteiger partial charge in [-0.3, -0.25) is 14.4 Å². The van der Waals surface area contributed by atoms with Crippen LogP contribution in [0, 0.1) is 5.92 Å². The topological polar surface area (TPSA) is 66.5 Å². The highest BCUT2D eigenvalue weighted by atomic mass is 16.2. The molecule has 2 unspecified atom stereocenters. The Hall–Kier alpha value is -2.79. The van der Waals surface area contributed by atoms with E-state index in [2.05, 4.69) is 5.43 Å². The van der Waals surface area contributed by atoms with E-state index in [0.29, 0.717) is 5.69 Å². The van der Waals surface area contributed by atoms with Gasteiger partial charge in [0.25, 0.3) is 5.91 Å². The Bertz CT molecular complexity index is 686. The molecule has 1 fully saturated rings. The van der Waals surface area contributed by atoms with Crippen LogP contribution in [0.15, 0.2) is 60.7 Å². The predicted molar refractivity (Wildman–Crippen MR) is 85.4 cm³/mol. The molecule has 1 saturated heterocycles. The van der Waals surface area contributed by atoms with Gasteiger partial charge in [0.1, 0.15) is 11.8 Å². The fraction of sp³-hybridized carbons (Fsp3) is 0.167. The van der Waals surface area contributed by atoms with Gasteiger partial charge in [-0.2, -0.15) is 0 Å². The molecule has 2 aromatic rings. The van der Waals surface area contributed by atoms with Crippen LogP contribution in [-0.4, -0.2) is 17.5 Å². The predicted octanol–water partition coefficient (Wildman–Crippen LogP) is 2.05. The Balaban J connectivity index is 2.03. The molecule has 0 saturated carbocycles. The van der Waals surface area contributed by atoms with E-state index in [1.807, 2.05) is 24.3 Å². The number of anilines is 1. The van der Waals surface area contributed by atoms with Crippen LogP contribution in [0.2, 0.25) is 0 Å². The van der Waals surface area contributed by atoms with E-state index in [-0.39, 0.29) is 0 Å². The molecule has 116 valence electrons. The van der Waals surface area contributed by atoms with Gasteiger partial charge in [-0.15, -0.1) is 0 Å². The summed E-state index contributed by atoms with van der Waals surface area (Å²) < 4.78 is 0. The number of hydrogen-bond acceptors (Lipinski definition) is 4. The van der Waals surface area contributed by atoms with Crippen LogP contribution in [0.5, 0.6) is 0 Å². The number of nitrogens with zero attached hydrogens (tertiary/aromatic N) is 1. The molecule has 1 N–H and O–H groups in total. The summed E-state index contributed by atoms with van der Waals surface area (Å²) >= 11 is 0. The maximum atomic E-state index is 12.6. The molecule has 0 radical (unpaired) electrons. The van der Waals surface area contributed by atoms with Crippen molar-refractivity contribution in [1.29, 1.82) is 0 Å². The van der Waals surface area contributed by atoms with Crippen LogP contribution in [-0.2, 0) is 14.4 Å². The number of ketones is 2. The fourth-order valence-electron chi connectivity index (χ4n) is 2.71. The summed E-state index contributed by atoms with van der Waals surface area (Å²) in [5, 5.41) is 1.30. The van der Waals surface area contributed by atoms with Crippen LogP contribution in [0.1, 0.15) is 18.5 Å². The highest BCUT2D eigenvalue weighted by molar-refractivity contribution is 6.24. The zero-order valence-electron chi connectivity index (χ0n) is 12.6. The number of hydrogen-bond donors (Lipinski definition) is 1. The number of rotatable bonds is 3. The van der Waals surface area contributed by atoms with Crippen LogP contribution < -0.4 is 10.4 Å². The summed E-state index contributed by atoms with van der Waals surface area (Å²) in [4.78, 5) is 37.1. The Morgan fingerprint density at radius 3 is 2.09 bits per heavy atom. The van der Waals surface area contributed by atoms with Crippen molar-refractivity contribution in [2.45, 2.75) is 13.0 Å². The average molecular weight is 308 g/mol. The second-order valence-corrected chi connectivity index (χ2v) is 5.43. The van der Waals surface area contributed by atoms with Crippen LogP contribution in [0.3, 0.4) is 0 Å². The quantitative estimate of drug-likeness (QED) is 0.881. The minimum atomic E-state index is -1.28. The lowest BCUT2D eigenvalue weighted by atomic mass is 9.88. The Morgan fingerprint density at radius 1 is 0.957 bits per heavy atom. The number of carbonyl (C=O) groups is 3. The van der Waals surface area contributed by atoms with Crippen molar-refractivity contribution in [3.05, 3.63) is 66.2 Å². The van der Waals surface area contributed by atoms with E-state index in [0.717, 1.165) is 5.56 Å². The largest absolute Gasteiger partial charge is 0.299 e. The number of amides is 1. The third-order valence-corrected chi connectivity index (χ3v) is 3.85. The van der Waals surface area contributed by atoms with Gasteiger partial charge in [-0.25, -0.2) is 10.4 Å². The van der Waals surface area contributed by atoms with Gasteiger partial charge in [0, 0.05) is 0 Å². The van der Waals surface area contributed by atoms with Crippen LogP contribution in [0.25, 0.3) is 0 Å². The summed E-state index contributed by atoms with van der Waals surface area (Å²) in [5.41, 5.74) is 4.27. The molecule has 2 atom stereocenters. The van der Waals surface area contributed by atoms with Gasteiger partial charge in [0.05, 0.1) is 5.69 Å². The first-order chi connectivity index (χ1) is 11.1. The molecule has 3 rings (SSSR count). The van der Waals surface area contributed by atoms with Gasteiger partial charge in [0.2, 0.25) is 0 Å². The minimum Gasteiger partial charge on any atom is -0.299 e. The van der Waals surface area contributed by atoms with Gasteiger partial charge in [-0.05, 0) is 24.6 Å². The third-order valence-electron chi connectivity index (χ3n) is 3.85. The number of para-hydroxylation sites is 1. The van der Waals surface area contributed by atoms with Crippen molar-refractivity contribution in [2.24, 2.45) is 5.92 Å². The monoisotopic (exact) mass is 308 g/mol. The smallest absolute Gasteiger partial charge is 0.259 e. The van der Waals surface area contributed by atoms with Gasteiger partial charge < -0.3 is 0 Å². The maximum Gasteiger partial charge on any atom is 0.259 e. The Labute approximate surface area is 133 Å². The molecular formula is C18H16N2O3. The number of Topliss-reactive ketones (excluding diaryl/α,β-unsaturated/α-hetero) is 2. The summed E-state index contributed by atoms with van der Waals surface area (Å²) in [7, 11) is 0. The molecule has 0 bridgehead atoms. The SMILES string of the molecule is CC(=O)C1C(=O)C(c2ccccc2)NN(c2ccccc2)C1=O. The highest BCUT2D eigenvalue weighted by Crippen LogP contribution is 2.28. The lowest BCUT2D eigenvalue weighted by Gasteiger charge is -2.36. The van der Waals surface area contributed by atoms with Crippen molar-refractivity contribution in [2.75, 3.05) is 5.01 Å². The maximum absolute atomic E-state index is 12.6. The van der Waals surface area contributed by atoms with E-state index in [4.69, 9.17) is 0 Å². The molecule has 0 spiro atoms. The molecule has 1 aliphatic rings. The van der Waals surface area contributed by atoms with E-state index in [1.165, 1.54) is 11.9 Å². The molecule has 5 nitrogen and oxygen atoms in total. The average Bonchev–Trinajstić information content (AvgIpc) is 2.56. The molecule has 23 heavy (non-hydrogen) atoms. The zero-order chi connectivity index (χ0) is 16.4. The van der Waals surface area contributed by atoms with Crippen molar-refractivity contribution >= 4 is 23.2 Å². The first-order valence-electron chi connectivity index (χ1n) is 7.34. The summed E-state index contributed by atoms with van der Waals surface area (Å²) in [6, 6.07) is 17.3. The molecular weight excluding hydrogens is 292 g/mol. The molecule has 2 aromatic carbocycles. The van der Waals surface area contributed by atoms with Gasteiger partial charge in [-0.1, -0.05) is 48.5 Å². The first-order valence-corrected chi connectivity index (χ1v) is 7.34. The van der Waals surface area contributed by atoms with Crippen molar-refractivity contribution in [3.63, 3.8) is 0 Å². The molecule has 5 heteroatoms. The van der Waals surface area contributed by atoms with Gasteiger partial charge >= 0.3 is 0 Å². The van der Waals surface area contributed by atoms with Crippen LogP contribution in [0.4, 0.5) is 5.69 Å². The Kier molecular flexibility index (Phi) is 4.04. The summed E-state index contributed by atoms with van der Waals surface area (Å²) in [6.07, 6.45) is 0. The van der Waals surface area contributed by atoms with Crippen molar-refractivity contribution in [1.82, 2.24) is 5.43 Å². The molecule has 1 aliphatic heterocycles. The van der Waals surface area contributed by atoms with Crippen LogP contribution >= 0.6 is 0 Å². The lowest BCUT2D eigenvalue weighted by Crippen LogP contribution is -2.59. The summed E-state index contributed by atoms with van der Waals surface area (Å²) in [5.74, 6) is -2.67. The van der Waals surface area contributed by atoms with E-state index < -0.39 is 29.4 Å².